The summed E-state index contributed by atoms with van der Waals surface area (Å²) < 4.78 is 17.5. The zero-order valence-electron chi connectivity index (χ0n) is 22.8. The molecular weight excluding hydrogens is 569 g/mol. The molecule has 0 aromatic heterocycles. The van der Waals surface area contributed by atoms with Gasteiger partial charge in [-0.05, 0) is 67.8 Å². The standard InChI is InChI=1S/C31H29Cl2NO7/c1-31(2,3)41-30(38)34-15-21-14-27-20(11-19(21)12-25(34)29(36)37)13-26(35)28(40-27)18-5-7-22(8-6-18)39-16-17-4-9-23(32)24(33)10-17/h4-11,14,25,28H,12-13,15-16H2,1-3H3,(H,36,37)/t25-,28?/m0/s1. The van der Waals surface area contributed by atoms with Crippen molar-refractivity contribution in [2.75, 3.05) is 0 Å². The van der Waals surface area contributed by atoms with Crippen molar-refractivity contribution in [3.05, 3.63) is 92.5 Å². The fourth-order valence-corrected chi connectivity index (χ4v) is 5.23. The minimum atomic E-state index is -1.11. The molecule has 214 valence electrons. The molecule has 1 unspecified atom stereocenters. The molecule has 0 fully saturated rings. The summed E-state index contributed by atoms with van der Waals surface area (Å²) in [6, 6.07) is 15.0. The van der Waals surface area contributed by atoms with Gasteiger partial charge in [-0.15, -0.1) is 0 Å². The molecule has 0 saturated heterocycles. The highest BCUT2D eigenvalue weighted by atomic mass is 35.5. The summed E-state index contributed by atoms with van der Waals surface area (Å²) in [6.07, 6.45) is -1.24. The molecule has 1 amide bonds. The van der Waals surface area contributed by atoms with Crippen LogP contribution in [0, 0.1) is 0 Å². The predicted octanol–water partition coefficient (Wildman–Crippen LogP) is 6.56. The van der Waals surface area contributed by atoms with Crippen molar-refractivity contribution in [2.45, 2.75) is 64.5 Å². The number of carbonyl (C=O) groups excluding carboxylic acids is 2. The number of carboxylic acids is 1. The van der Waals surface area contributed by atoms with Crippen LogP contribution in [-0.4, -0.2) is 39.5 Å². The monoisotopic (exact) mass is 597 g/mol. The van der Waals surface area contributed by atoms with Crippen LogP contribution < -0.4 is 9.47 Å². The van der Waals surface area contributed by atoms with Gasteiger partial charge in [0.25, 0.3) is 0 Å². The van der Waals surface area contributed by atoms with E-state index in [1.165, 1.54) is 4.90 Å². The molecule has 0 radical (unpaired) electrons. The number of hydrogen-bond donors (Lipinski definition) is 1. The maximum atomic E-state index is 13.1. The van der Waals surface area contributed by atoms with Crippen LogP contribution >= 0.6 is 23.2 Å². The van der Waals surface area contributed by atoms with Crippen molar-refractivity contribution >= 4 is 41.0 Å². The quantitative estimate of drug-likeness (QED) is 0.355. The lowest BCUT2D eigenvalue weighted by atomic mass is 9.88. The van der Waals surface area contributed by atoms with Crippen LogP contribution in [0.3, 0.4) is 0 Å². The van der Waals surface area contributed by atoms with E-state index < -0.39 is 29.8 Å². The van der Waals surface area contributed by atoms with Gasteiger partial charge in [-0.2, -0.15) is 0 Å². The predicted molar refractivity (Wildman–Crippen MR) is 153 cm³/mol. The normalized spacial score (nSPS) is 18.2. The van der Waals surface area contributed by atoms with E-state index in [1.54, 1.807) is 63.2 Å². The fourth-order valence-electron chi connectivity index (χ4n) is 4.91. The Hall–Kier alpha value is -3.75. The average molecular weight is 598 g/mol. The van der Waals surface area contributed by atoms with Crippen molar-refractivity contribution < 1.29 is 33.7 Å². The van der Waals surface area contributed by atoms with Crippen LogP contribution in [-0.2, 0) is 40.3 Å². The zero-order valence-corrected chi connectivity index (χ0v) is 24.3. The number of carboxylic acid groups (broad SMARTS) is 1. The number of ketones is 1. The van der Waals surface area contributed by atoms with E-state index in [0.717, 1.165) is 16.7 Å². The van der Waals surface area contributed by atoms with Crippen molar-refractivity contribution in [3.63, 3.8) is 0 Å². The molecular formula is C31H29Cl2NO7. The van der Waals surface area contributed by atoms with E-state index in [9.17, 15) is 19.5 Å². The first kappa shape index (κ1) is 28.8. The maximum absolute atomic E-state index is 13.1. The van der Waals surface area contributed by atoms with E-state index in [-0.39, 0.29) is 25.2 Å². The van der Waals surface area contributed by atoms with E-state index in [2.05, 4.69) is 0 Å². The number of carbonyl (C=O) groups is 3. The molecule has 2 atom stereocenters. The number of halogens is 2. The second-order valence-electron chi connectivity index (χ2n) is 11.1. The topological polar surface area (TPSA) is 102 Å². The van der Waals surface area contributed by atoms with E-state index in [4.69, 9.17) is 37.4 Å². The molecule has 0 aliphatic carbocycles. The van der Waals surface area contributed by atoms with Gasteiger partial charge in [0.05, 0.1) is 16.6 Å². The van der Waals surface area contributed by atoms with Gasteiger partial charge in [0, 0.05) is 24.0 Å². The SMILES string of the molecule is CC(C)(C)OC(=O)N1Cc2cc3c(cc2C[C@H]1C(=O)O)CC(=O)C(c1ccc(OCc2ccc(Cl)c(Cl)c2)cc1)O3. The molecule has 8 nitrogen and oxygen atoms in total. The Morgan fingerprint density at radius 2 is 1.73 bits per heavy atom. The molecule has 0 bridgehead atoms. The summed E-state index contributed by atoms with van der Waals surface area (Å²) in [7, 11) is 0. The Labute approximate surface area is 247 Å². The van der Waals surface area contributed by atoms with E-state index >= 15 is 0 Å². The van der Waals surface area contributed by atoms with Crippen molar-refractivity contribution in [3.8, 4) is 11.5 Å². The van der Waals surface area contributed by atoms with Gasteiger partial charge in [-0.3, -0.25) is 9.69 Å². The van der Waals surface area contributed by atoms with Crippen LogP contribution in [0.2, 0.25) is 10.0 Å². The average Bonchev–Trinajstić information content (AvgIpc) is 2.91. The first-order valence-corrected chi connectivity index (χ1v) is 13.9. The second-order valence-corrected chi connectivity index (χ2v) is 12.0. The van der Waals surface area contributed by atoms with Crippen LogP contribution in [0.1, 0.15) is 54.7 Å². The summed E-state index contributed by atoms with van der Waals surface area (Å²) in [5, 5.41) is 10.7. The summed E-state index contributed by atoms with van der Waals surface area (Å²) in [5.41, 5.74) is 3.01. The Balaban J connectivity index is 1.32. The Morgan fingerprint density at radius 3 is 2.39 bits per heavy atom. The van der Waals surface area contributed by atoms with Gasteiger partial charge < -0.3 is 19.3 Å². The number of hydrogen-bond acceptors (Lipinski definition) is 6. The van der Waals surface area contributed by atoms with Crippen LogP contribution in [0.25, 0.3) is 0 Å². The first-order chi connectivity index (χ1) is 19.4. The lowest BCUT2D eigenvalue weighted by Crippen LogP contribution is -2.50. The number of amides is 1. The fraction of sp³-hybridized carbons (Fsp3) is 0.323. The molecule has 41 heavy (non-hydrogen) atoms. The molecule has 2 aliphatic heterocycles. The summed E-state index contributed by atoms with van der Waals surface area (Å²) in [6.45, 7) is 5.55. The van der Waals surface area contributed by atoms with Gasteiger partial charge in [-0.1, -0.05) is 47.5 Å². The highest BCUT2D eigenvalue weighted by Gasteiger charge is 2.39. The molecule has 1 N–H and O–H groups in total. The molecule has 3 aromatic rings. The minimum absolute atomic E-state index is 0.0569. The second kappa shape index (κ2) is 11.3. The number of Topliss-reactive ketones (excluding diaryl/α,β-unsaturated/α-hetero) is 1. The third kappa shape index (κ3) is 6.44. The van der Waals surface area contributed by atoms with Gasteiger partial charge >= 0.3 is 12.1 Å². The minimum Gasteiger partial charge on any atom is -0.489 e. The first-order valence-electron chi connectivity index (χ1n) is 13.1. The van der Waals surface area contributed by atoms with Crippen LogP contribution in [0.15, 0.2) is 54.6 Å². The lowest BCUT2D eigenvalue weighted by Gasteiger charge is -2.36. The van der Waals surface area contributed by atoms with Crippen LogP contribution in [0.4, 0.5) is 4.79 Å². The van der Waals surface area contributed by atoms with Gasteiger partial charge in [0.1, 0.15) is 29.7 Å². The summed E-state index contributed by atoms with van der Waals surface area (Å²) in [4.78, 5) is 39.1. The molecule has 0 saturated carbocycles. The lowest BCUT2D eigenvalue weighted by molar-refractivity contribution is -0.143. The van der Waals surface area contributed by atoms with Crippen molar-refractivity contribution in [1.82, 2.24) is 4.90 Å². The number of benzene rings is 3. The molecule has 3 aromatic carbocycles. The highest BCUT2D eigenvalue weighted by molar-refractivity contribution is 6.42. The van der Waals surface area contributed by atoms with E-state index in [0.29, 0.717) is 39.3 Å². The number of nitrogens with zero attached hydrogens (tertiary/aromatic N) is 1. The number of fused-ring (bicyclic) bond motifs is 2. The number of ether oxygens (including phenoxy) is 3. The largest absolute Gasteiger partial charge is 0.489 e. The summed E-state index contributed by atoms with van der Waals surface area (Å²) in [5.74, 6) is -0.0714. The summed E-state index contributed by atoms with van der Waals surface area (Å²) >= 11 is 12.0. The Kier molecular flexibility index (Phi) is 7.90. The molecule has 10 heteroatoms. The molecule has 0 spiro atoms. The van der Waals surface area contributed by atoms with Crippen molar-refractivity contribution in [1.29, 1.82) is 0 Å². The van der Waals surface area contributed by atoms with Gasteiger partial charge in [0.2, 0.25) is 0 Å². The maximum Gasteiger partial charge on any atom is 0.411 e. The highest BCUT2D eigenvalue weighted by Crippen LogP contribution is 2.38. The third-order valence-corrected chi connectivity index (χ3v) is 7.64. The third-order valence-electron chi connectivity index (χ3n) is 6.90. The van der Waals surface area contributed by atoms with E-state index in [1.807, 2.05) is 12.1 Å². The van der Waals surface area contributed by atoms with Crippen LogP contribution in [0.5, 0.6) is 11.5 Å². The van der Waals surface area contributed by atoms with Crippen molar-refractivity contribution in [2.24, 2.45) is 0 Å². The number of aliphatic carboxylic acids is 1. The smallest absolute Gasteiger partial charge is 0.411 e. The molecule has 5 rings (SSSR count). The molecule has 2 aliphatic rings. The Bertz CT molecular complexity index is 1510. The Morgan fingerprint density at radius 1 is 1.00 bits per heavy atom. The zero-order chi connectivity index (χ0) is 29.5. The number of rotatable bonds is 5. The van der Waals surface area contributed by atoms with Gasteiger partial charge in [0.15, 0.2) is 11.9 Å². The molecule has 2 heterocycles. The van der Waals surface area contributed by atoms with Gasteiger partial charge in [-0.25, -0.2) is 9.59 Å².